The summed E-state index contributed by atoms with van der Waals surface area (Å²) in [6, 6.07) is 21.2. The Kier molecular flexibility index (Phi) is 8.92. The van der Waals surface area contributed by atoms with Crippen LogP contribution < -0.4 is 10.1 Å². The number of methoxy groups -OCH3 is 1. The van der Waals surface area contributed by atoms with Gasteiger partial charge in [0.15, 0.2) is 0 Å². The summed E-state index contributed by atoms with van der Waals surface area (Å²) in [5, 5.41) is 4.12. The normalized spacial score (nSPS) is 11.0. The minimum atomic E-state index is -0.296. The highest BCUT2D eigenvalue weighted by Gasteiger charge is 2.25. The van der Waals surface area contributed by atoms with Gasteiger partial charge >= 0.3 is 6.03 Å². The maximum Gasteiger partial charge on any atom is 0.322 e. The number of hydrogen-bond acceptors (Lipinski definition) is 3. The van der Waals surface area contributed by atoms with E-state index >= 15 is 0 Å². The maximum atomic E-state index is 13.8. The van der Waals surface area contributed by atoms with Crippen molar-refractivity contribution in [3.8, 4) is 5.75 Å². The molecule has 2 N–H and O–H groups in total. The lowest BCUT2D eigenvalue weighted by Crippen LogP contribution is -2.47. The molecule has 0 bridgehead atoms. The Morgan fingerprint density at radius 3 is 2.44 bits per heavy atom. The molecule has 0 atom stereocenters. The monoisotopic (exact) mass is 526 g/mol. The van der Waals surface area contributed by atoms with Gasteiger partial charge in [0, 0.05) is 47.5 Å². The van der Waals surface area contributed by atoms with Crippen LogP contribution in [0.15, 0.2) is 72.9 Å². The van der Waals surface area contributed by atoms with E-state index in [4.69, 9.17) is 4.74 Å². The number of aryl methyl sites for hydroxylation is 2. The Balaban J connectivity index is 1.54. The van der Waals surface area contributed by atoms with Gasteiger partial charge in [0.25, 0.3) is 0 Å². The average Bonchev–Trinajstić information content (AvgIpc) is 3.34. The van der Waals surface area contributed by atoms with Crippen molar-refractivity contribution in [2.75, 3.05) is 25.5 Å². The molecule has 7 nitrogen and oxygen atoms in total. The van der Waals surface area contributed by atoms with Crippen molar-refractivity contribution < 1.29 is 14.3 Å². The number of fused-ring (bicyclic) bond motifs is 1. The Morgan fingerprint density at radius 2 is 1.69 bits per heavy atom. The number of urea groups is 1. The summed E-state index contributed by atoms with van der Waals surface area (Å²) in [6.45, 7) is 8.75. The summed E-state index contributed by atoms with van der Waals surface area (Å²) in [6.07, 6.45) is 2.69. The maximum absolute atomic E-state index is 13.8. The average molecular weight is 527 g/mol. The van der Waals surface area contributed by atoms with Gasteiger partial charge in [0.2, 0.25) is 5.91 Å². The number of aromatic amines is 1. The molecule has 3 aromatic carbocycles. The smallest absolute Gasteiger partial charge is 0.322 e. The molecule has 0 radical (unpaired) electrons. The lowest BCUT2D eigenvalue weighted by atomic mass is 10.1. The Morgan fingerprint density at radius 1 is 0.949 bits per heavy atom. The van der Waals surface area contributed by atoms with Gasteiger partial charge in [-0.1, -0.05) is 42.5 Å². The summed E-state index contributed by atoms with van der Waals surface area (Å²) < 4.78 is 5.56. The number of ether oxygens (including phenoxy) is 1. The van der Waals surface area contributed by atoms with E-state index in [2.05, 4.69) is 16.4 Å². The Hall–Kier alpha value is -4.26. The number of nitrogens with zero attached hydrogens (tertiary/aromatic N) is 2. The van der Waals surface area contributed by atoms with Gasteiger partial charge in [-0.2, -0.15) is 0 Å². The van der Waals surface area contributed by atoms with E-state index in [1.54, 1.807) is 12.0 Å². The highest BCUT2D eigenvalue weighted by molar-refractivity contribution is 5.92. The van der Waals surface area contributed by atoms with Crippen LogP contribution >= 0.6 is 0 Å². The number of para-hydroxylation sites is 2. The lowest BCUT2D eigenvalue weighted by Gasteiger charge is -2.30. The Bertz CT molecular complexity index is 1440. The molecule has 3 amide bonds. The molecule has 4 rings (SSSR count). The van der Waals surface area contributed by atoms with Crippen LogP contribution in [0.25, 0.3) is 10.9 Å². The molecular formula is C32H38N4O3. The predicted octanol–water partition coefficient (Wildman–Crippen LogP) is 6.31. The number of hydrogen-bond donors (Lipinski definition) is 2. The van der Waals surface area contributed by atoms with E-state index in [0.717, 1.165) is 38.9 Å². The second-order valence-electron chi connectivity index (χ2n) is 10.2. The number of H-pyrrole nitrogens is 1. The number of carbonyl (C=O) groups excluding carboxylic acids is 2. The predicted molar refractivity (Wildman–Crippen MR) is 157 cm³/mol. The van der Waals surface area contributed by atoms with Crippen molar-refractivity contribution in [3.05, 3.63) is 95.2 Å². The molecule has 0 aliphatic carbocycles. The SMILES string of the molecule is COc1ccccc1CN(CCc1c[nH]c2ccccc12)C(=O)CN(C(=O)Nc1ccc(C)c(C)c1)C(C)C. The van der Waals surface area contributed by atoms with Crippen molar-refractivity contribution in [1.82, 2.24) is 14.8 Å². The van der Waals surface area contributed by atoms with Gasteiger partial charge in [0.1, 0.15) is 12.3 Å². The molecule has 0 aliphatic rings. The van der Waals surface area contributed by atoms with E-state index in [1.165, 1.54) is 0 Å². The van der Waals surface area contributed by atoms with E-state index in [9.17, 15) is 9.59 Å². The second kappa shape index (κ2) is 12.5. The van der Waals surface area contributed by atoms with Gasteiger partial charge in [-0.15, -0.1) is 0 Å². The zero-order valence-electron chi connectivity index (χ0n) is 23.5. The fourth-order valence-corrected chi connectivity index (χ4v) is 4.67. The number of anilines is 1. The number of carbonyl (C=O) groups is 2. The summed E-state index contributed by atoms with van der Waals surface area (Å²) in [4.78, 5) is 33.8. The molecule has 0 spiro atoms. The summed E-state index contributed by atoms with van der Waals surface area (Å²) in [5.74, 6) is 0.611. The third-order valence-corrected chi connectivity index (χ3v) is 7.18. The van der Waals surface area contributed by atoms with E-state index < -0.39 is 0 Å². The second-order valence-corrected chi connectivity index (χ2v) is 10.2. The molecule has 0 saturated heterocycles. The number of aromatic nitrogens is 1. The first-order valence-electron chi connectivity index (χ1n) is 13.4. The number of rotatable bonds is 10. The van der Waals surface area contributed by atoms with E-state index in [0.29, 0.717) is 25.2 Å². The minimum absolute atomic E-state index is 0.0304. The standard InChI is InChI=1S/C32H38N4O3/c1-22(2)36(32(38)34-27-15-14-23(3)24(4)18-27)21-31(37)35(20-26-10-6-9-13-30(26)39-5)17-16-25-19-33-29-12-8-7-11-28(25)29/h6-15,18-19,22,33H,16-17,20-21H2,1-5H3,(H,34,38). The molecule has 204 valence electrons. The third kappa shape index (κ3) is 6.79. The van der Waals surface area contributed by atoms with Crippen LogP contribution in [0.1, 0.15) is 36.1 Å². The molecule has 0 saturated carbocycles. The summed E-state index contributed by atoms with van der Waals surface area (Å²) >= 11 is 0. The van der Waals surface area contributed by atoms with E-state index in [1.807, 2.05) is 99.5 Å². The van der Waals surface area contributed by atoms with Crippen LogP contribution in [0.5, 0.6) is 5.75 Å². The molecule has 7 heteroatoms. The van der Waals surface area contributed by atoms with Gasteiger partial charge < -0.3 is 24.8 Å². The molecule has 0 aliphatic heterocycles. The van der Waals surface area contributed by atoms with Crippen molar-refractivity contribution >= 4 is 28.5 Å². The van der Waals surface area contributed by atoms with Crippen molar-refractivity contribution in [3.63, 3.8) is 0 Å². The van der Waals surface area contributed by atoms with E-state index in [-0.39, 0.29) is 24.5 Å². The fraction of sp³-hybridized carbons (Fsp3) is 0.312. The van der Waals surface area contributed by atoms with Crippen LogP contribution in [0.4, 0.5) is 10.5 Å². The van der Waals surface area contributed by atoms with Crippen LogP contribution in [-0.4, -0.2) is 53.0 Å². The minimum Gasteiger partial charge on any atom is -0.496 e. The zero-order chi connectivity index (χ0) is 27.9. The van der Waals surface area contributed by atoms with Gasteiger partial charge in [-0.3, -0.25) is 4.79 Å². The van der Waals surface area contributed by atoms with Crippen molar-refractivity contribution in [1.29, 1.82) is 0 Å². The number of amides is 3. The quantitative estimate of drug-likeness (QED) is 0.254. The molecule has 4 aromatic rings. The van der Waals surface area contributed by atoms with Crippen LogP contribution in [0.2, 0.25) is 0 Å². The van der Waals surface area contributed by atoms with Crippen molar-refractivity contribution in [2.24, 2.45) is 0 Å². The molecular weight excluding hydrogens is 488 g/mol. The zero-order valence-corrected chi connectivity index (χ0v) is 23.5. The highest BCUT2D eigenvalue weighted by atomic mass is 16.5. The molecule has 0 fully saturated rings. The fourth-order valence-electron chi connectivity index (χ4n) is 4.67. The number of benzene rings is 3. The first-order valence-corrected chi connectivity index (χ1v) is 13.4. The van der Waals surface area contributed by atoms with Crippen molar-refractivity contribution in [2.45, 2.75) is 46.7 Å². The largest absolute Gasteiger partial charge is 0.496 e. The molecule has 0 unspecified atom stereocenters. The molecule has 1 aromatic heterocycles. The van der Waals surface area contributed by atoms with Gasteiger partial charge in [-0.05, 0) is 75.1 Å². The Labute approximate surface area is 230 Å². The lowest BCUT2D eigenvalue weighted by molar-refractivity contribution is -0.132. The molecule has 1 heterocycles. The van der Waals surface area contributed by atoms with Gasteiger partial charge in [-0.25, -0.2) is 4.79 Å². The van der Waals surface area contributed by atoms with Crippen LogP contribution in [0, 0.1) is 13.8 Å². The summed E-state index contributed by atoms with van der Waals surface area (Å²) in [5.41, 5.74) is 6.11. The first kappa shape index (κ1) is 27.8. The molecule has 39 heavy (non-hydrogen) atoms. The van der Waals surface area contributed by atoms with Crippen LogP contribution in [-0.2, 0) is 17.8 Å². The van der Waals surface area contributed by atoms with Gasteiger partial charge in [0.05, 0.1) is 7.11 Å². The topological polar surface area (TPSA) is 77.7 Å². The first-order chi connectivity index (χ1) is 18.8. The summed E-state index contributed by atoms with van der Waals surface area (Å²) in [7, 11) is 1.63. The number of nitrogens with one attached hydrogen (secondary N) is 2. The third-order valence-electron chi connectivity index (χ3n) is 7.18. The van der Waals surface area contributed by atoms with Crippen LogP contribution in [0.3, 0.4) is 0 Å². The highest BCUT2D eigenvalue weighted by Crippen LogP contribution is 2.22.